The summed E-state index contributed by atoms with van der Waals surface area (Å²) in [5, 5.41) is 12.8. The molecular formula is C60H103NSi4. The molecule has 1 nitrogen and oxygen atoms in total. The van der Waals surface area contributed by atoms with Crippen LogP contribution >= 0.6 is 0 Å². The lowest BCUT2D eigenvalue weighted by Crippen LogP contribution is -2.47. The number of hydrogen-bond acceptors (Lipinski definition) is 1. The maximum Gasteiger partial charge on any atom is 0.0821 e. The summed E-state index contributed by atoms with van der Waals surface area (Å²) in [6.07, 6.45) is 31.2. The fourth-order valence-corrected chi connectivity index (χ4v) is 22.4. The number of nitrogens with two attached hydrogens (primary N) is 1. The van der Waals surface area contributed by atoms with Gasteiger partial charge >= 0.3 is 0 Å². The van der Waals surface area contributed by atoms with Gasteiger partial charge in [0.15, 0.2) is 0 Å². The minimum Gasteiger partial charge on any atom is -0.328 e. The van der Waals surface area contributed by atoms with Gasteiger partial charge in [0.05, 0.1) is 32.3 Å². The largest absolute Gasteiger partial charge is 0.328 e. The quantitative estimate of drug-likeness (QED) is 0.0374. The van der Waals surface area contributed by atoms with E-state index in [1.165, 1.54) is 194 Å². The Kier molecular flexibility index (Phi) is 23.6. The summed E-state index contributed by atoms with van der Waals surface area (Å²) in [4.78, 5) is 0. The first-order valence-electron chi connectivity index (χ1n) is 27.9. The van der Waals surface area contributed by atoms with E-state index in [4.69, 9.17) is 5.73 Å². The number of benzene rings is 4. The second kappa shape index (κ2) is 27.4. The average Bonchev–Trinajstić information content (AvgIpc) is 3.27. The topological polar surface area (TPSA) is 26.0 Å². The van der Waals surface area contributed by atoms with Gasteiger partial charge in [0.1, 0.15) is 0 Å². The van der Waals surface area contributed by atoms with Gasteiger partial charge in [-0.1, -0.05) is 321 Å². The third kappa shape index (κ3) is 16.7. The first-order chi connectivity index (χ1) is 31.0. The van der Waals surface area contributed by atoms with Crippen LogP contribution in [0.5, 0.6) is 0 Å². The van der Waals surface area contributed by atoms with Gasteiger partial charge in [-0.3, -0.25) is 0 Å². The molecule has 0 radical (unpaired) electrons. The lowest BCUT2D eigenvalue weighted by atomic mass is 9.94. The van der Waals surface area contributed by atoms with Gasteiger partial charge in [-0.15, -0.1) is 0 Å². The average molecular weight is 951 g/mol. The van der Waals surface area contributed by atoms with Crippen molar-refractivity contribution in [2.24, 2.45) is 5.73 Å². The number of hydrogen-bond donors (Lipinski definition) is 1. The molecule has 0 fully saturated rings. The highest BCUT2D eigenvalue weighted by Crippen LogP contribution is 2.36. The predicted octanol–water partition coefficient (Wildman–Crippen LogP) is 17.7. The zero-order valence-corrected chi connectivity index (χ0v) is 49.0. The van der Waals surface area contributed by atoms with E-state index in [0.717, 1.165) is 0 Å². The Balaban J connectivity index is 1.85. The fraction of sp³-hybridized carbons (Fsp3) is 0.667. The monoisotopic (exact) mass is 950 g/mol. The molecule has 0 bridgehead atoms. The molecule has 0 aliphatic carbocycles. The molecule has 4 aromatic carbocycles. The van der Waals surface area contributed by atoms with Crippen LogP contribution in [0.25, 0.3) is 32.7 Å². The first-order valence-corrected chi connectivity index (χ1v) is 40.8. The number of unbranched alkanes of at least 4 members (excludes halogenated alkanes) is 18. The van der Waals surface area contributed by atoms with Crippen molar-refractivity contribution in [3.05, 3.63) is 60.7 Å². The third-order valence-electron chi connectivity index (χ3n) is 16.0. The minimum atomic E-state index is -1.79. The zero-order valence-electron chi connectivity index (χ0n) is 45.0. The molecule has 5 heteroatoms. The van der Waals surface area contributed by atoms with Crippen molar-refractivity contribution in [3.63, 3.8) is 0 Å². The van der Waals surface area contributed by atoms with Crippen molar-refractivity contribution < 1.29 is 0 Å². The van der Waals surface area contributed by atoms with Gasteiger partial charge < -0.3 is 5.73 Å². The molecule has 0 spiro atoms. The SMILES string of the molecule is CCCCCCCC[Si](C)(C)c1ccc2c(-c3ccc([Si](C)(C)CCCCCCCC)c4cc([Si](C)(C)C[C@H](N)CCCCCC)ccc34)ccc([Si](C)(C)CCCCCCCC)c2c1. The fourth-order valence-electron chi connectivity index (χ4n) is 11.4. The van der Waals surface area contributed by atoms with Crippen molar-refractivity contribution in [1.82, 2.24) is 0 Å². The Morgan fingerprint density at radius 1 is 0.354 bits per heavy atom. The van der Waals surface area contributed by atoms with Gasteiger partial charge in [0.2, 0.25) is 0 Å². The van der Waals surface area contributed by atoms with Gasteiger partial charge in [-0.2, -0.15) is 0 Å². The maximum absolute atomic E-state index is 6.97. The van der Waals surface area contributed by atoms with E-state index in [1.54, 1.807) is 31.5 Å². The summed E-state index contributed by atoms with van der Waals surface area (Å²) < 4.78 is 0. The second-order valence-corrected chi connectivity index (χ2v) is 43.0. The van der Waals surface area contributed by atoms with Crippen LogP contribution < -0.4 is 26.5 Å². The van der Waals surface area contributed by atoms with Crippen molar-refractivity contribution in [2.45, 2.75) is 258 Å². The summed E-state index contributed by atoms with van der Waals surface area (Å²) in [5.74, 6) is 0. The summed E-state index contributed by atoms with van der Waals surface area (Å²) in [6.45, 7) is 30.5. The molecule has 4 aromatic rings. The van der Waals surface area contributed by atoms with Crippen LogP contribution in [0.3, 0.4) is 0 Å². The van der Waals surface area contributed by atoms with E-state index in [1.807, 2.05) is 0 Å². The third-order valence-corrected chi connectivity index (χ3v) is 29.9. The second-order valence-electron chi connectivity index (χ2n) is 23.7. The summed E-state index contributed by atoms with van der Waals surface area (Å²) in [6, 6.07) is 31.8. The first kappa shape index (κ1) is 55.8. The molecule has 0 aromatic heterocycles. The van der Waals surface area contributed by atoms with Gasteiger partial charge in [-0.05, 0) is 45.1 Å². The molecule has 0 amide bonds. The van der Waals surface area contributed by atoms with Crippen LogP contribution in [0, 0.1) is 0 Å². The van der Waals surface area contributed by atoms with E-state index in [0.29, 0.717) is 6.04 Å². The Hall–Kier alpha value is -1.77. The van der Waals surface area contributed by atoms with Crippen LogP contribution in [0.15, 0.2) is 60.7 Å². The standard InChI is InChI=1S/C60H103NSi4/c1-13-17-21-25-28-32-44-62(5,6)51-36-38-55-53(40-42-59(57(55)47-51)63(7,8)45-33-29-26-22-18-14-2)54-41-43-60(64(9,10)46-34-30-27-23-19-15-3)58-48-52(37-39-56(54)58)65(11,12)49-50(61)35-31-24-20-16-4/h36-43,47-48,50H,13-35,44-46,49,61H2,1-12H3/t50-/m1/s1. The van der Waals surface area contributed by atoms with Gasteiger partial charge in [-0.25, -0.2) is 0 Å². The highest BCUT2D eigenvalue weighted by Gasteiger charge is 2.32. The Labute approximate surface area is 407 Å². The summed E-state index contributed by atoms with van der Waals surface area (Å²) in [5.41, 5.74) is 9.85. The van der Waals surface area contributed by atoms with Crippen molar-refractivity contribution >= 4 is 74.6 Å². The van der Waals surface area contributed by atoms with Crippen LogP contribution in [-0.2, 0) is 0 Å². The van der Waals surface area contributed by atoms with Crippen LogP contribution in [0.4, 0.5) is 0 Å². The molecule has 65 heavy (non-hydrogen) atoms. The minimum absolute atomic E-state index is 0.302. The molecule has 364 valence electrons. The molecule has 0 saturated heterocycles. The van der Waals surface area contributed by atoms with Crippen molar-refractivity contribution in [3.8, 4) is 11.1 Å². The predicted molar refractivity (Wildman–Crippen MR) is 311 cm³/mol. The Bertz CT molecular complexity index is 1990. The van der Waals surface area contributed by atoms with E-state index < -0.39 is 32.3 Å². The molecule has 1 atom stereocenters. The molecule has 0 heterocycles. The zero-order chi connectivity index (χ0) is 47.5. The summed E-state index contributed by atoms with van der Waals surface area (Å²) >= 11 is 0. The van der Waals surface area contributed by atoms with Crippen molar-refractivity contribution in [1.29, 1.82) is 0 Å². The maximum atomic E-state index is 6.97. The molecule has 0 aliphatic heterocycles. The Morgan fingerprint density at radius 3 is 1.09 bits per heavy atom. The van der Waals surface area contributed by atoms with Crippen LogP contribution in [-0.4, -0.2) is 38.3 Å². The molecule has 4 rings (SSSR count). The lowest BCUT2D eigenvalue weighted by Gasteiger charge is -2.30. The van der Waals surface area contributed by atoms with Crippen molar-refractivity contribution in [2.75, 3.05) is 0 Å². The molecule has 0 unspecified atom stereocenters. The van der Waals surface area contributed by atoms with Gasteiger partial charge in [0, 0.05) is 6.04 Å². The molecule has 2 N–H and O–H groups in total. The van der Waals surface area contributed by atoms with Crippen LogP contribution in [0.1, 0.15) is 175 Å². The molecular weight excluding hydrogens is 847 g/mol. The number of fused-ring (bicyclic) bond motifs is 2. The smallest absolute Gasteiger partial charge is 0.0821 e. The van der Waals surface area contributed by atoms with Gasteiger partial charge in [0.25, 0.3) is 0 Å². The lowest BCUT2D eigenvalue weighted by molar-refractivity contribution is 0.572. The number of rotatable bonds is 33. The van der Waals surface area contributed by atoms with E-state index >= 15 is 0 Å². The van der Waals surface area contributed by atoms with E-state index in [9.17, 15) is 0 Å². The van der Waals surface area contributed by atoms with Crippen LogP contribution in [0.2, 0.25) is 76.6 Å². The highest BCUT2D eigenvalue weighted by atomic mass is 28.3. The highest BCUT2D eigenvalue weighted by molar-refractivity contribution is 6.93. The molecule has 0 aliphatic rings. The Morgan fingerprint density at radius 2 is 0.692 bits per heavy atom. The molecule has 0 saturated carbocycles. The summed E-state index contributed by atoms with van der Waals surface area (Å²) in [7, 11) is -6.85. The van der Waals surface area contributed by atoms with E-state index in [2.05, 4.69) is 141 Å². The normalized spacial score (nSPS) is 13.4. The van der Waals surface area contributed by atoms with E-state index in [-0.39, 0.29) is 0 Å².